The Morgan fingerprint density at radius 2 is 2.04 bits per heavy atom. The van der Waals surface area contributed by atoms with Crippen molar-refractivity contribution in [3.63, 3.8) is 0 Å². The first-order valence-electron chi connectivity index (χ1n) is 6.78. The van der Waals surface area contributed by atoms with Gasteiger partial charge in [0, 0.05) is 11.1 Å². The average Bonchev–Trinajstić information content (AvgIpc) is 2.92. The molecule has 0 aliphatic heterocycles. The second-order valence-electron chi connectivity index (χ2n) is 4.90. The predicted molar refractivity (Wildman–Crippen MR) is 87.2 cm³/mol. The van der Waals surface area contributed by atoms with Gasteiger partial charge in [-0.15, -0.1) is 0 Å². The summed E-state index contributed by atoms with van der Waals surface area (Å²) in [6, 6.07) is 7.02. The first-order chi connectivity index (χ1) is 11.0. The maximum atomic E-state index is 6.06. The van der Waals surface area contributed by atoms with Crippen molar-refractivity contribution in [1.29, 1.82) is 0 Å². The molecule has 0 saturated carbocycles. The van der Waals surface area contributed by atoms with E-state index in [1.165, 1.54) is 6.33 Å². The molecule has 0 bridgehead atoms. The molecule has 0 fully saturated rings. The van der Waals surface area contributed by atoms with Crippen molar-refractivity contribution >= 4 is 28.9 Å². The number of nitrogen functional groups attached to an aromatic ring is 1. The minimum atomic E-state index is 0.240. The third-order valence-electron chi connectivity index (χ3n) is 3.07. The van der Waals surface area contributed by atoms with Gasteiger partial charge in [-0.1, -0.05) is 16.8 Å². The van der Waals surface area contributed by atoms with Gasteiger partial charge in [0.25, 0.3) is 0 Å². The number of hydrogen-bond acceptors (Lipinski definition) is 7. The van der Waals surface area contributed by atoms with Crippen LogP contribution in [-0.4, -0.2) is 15.1 Å². The van der Waals surface area contributed by atoms with Crippen LogP contribution in [0, 0.1) is 13.8 Å². The molecule has 0 aliphatic rings. The number of halogens is 1. The molecule has 118 valence electrons. The molecular formula is C15H14ClN5O2. The molecule has 0 unspecified atom stereocenters. The van der Waals surface area contributed by atoms with Crippen molar-refractivity contribution in [1.82, 2.24) is 15.1 Å². The molecule has 23 heavy (non-hydrogen) atoms. The Morgan fingerprint density at radius 3 is 2.74 bits per heavy atom. The summed E-state index contributed by atoms with van der Waals surface area (Å²) in [6.07, 6.45) is 1.35. The molecule has 0 spiro atoms. The highest BCUT2D eigenvalue weighted by Crippen LogP contribution is 2.32. The van der Waals surface area contributed by atoms with E-state index in [0.717, 1.165) is 5.56 Å². The van der Waals surface area contributed by atoms with Gasteiger partial charge < -0.3 is 20.3 Å². The van der Waals surface area contributed by atoms with E-state index in [1.54, 1.807) is 31.2 Å². The van der Waals surface area contributed by atoms with E-state index in [1.807, 2.05) is 6.92 Å². The standard InChI is InChI=1S/C15H14ClN5O2/c1-8-5-10(3-4-11(8)16)22-15-13(17)14(18-7-19-15)20-12-6-9(2)23-21-12/h3-7H,17H2,1-2H3,(H,18,19,20,21). The number of nitrogens with one attached hydrogen (secondary N) is 1. The maximum Gasteiger partial charge on any atom is 0.248 e. The molecule has 7 nitrogen and oxygen atoms in total. The molecule has 0 atom stereocenters. The number of nitrogens with zero attached hydrogens (tertiary/aromatic N) is 3. The van der Waals surface area contributed by atoms with Crippen LogP contribution in [0.25, 0.3) is 0 Å². The minimum absolute atomic E-state index is 0.240. The molecule has 3 rings (SSSR count). The van der Waals surface area contributed by atoms with Gasteiger partial charge in [0.2, 0.25) is 5.88 Å². The largest absolute Gasteiger partial charge is 0.437 e. The van der Waals surface area contributed by atoms with Gasteiger partial charge in [0.15, 0.2) is 11.6 Å². The Balaban J connectivity index is 1.85. The topological polar surface area (TPSA) is 99.1 Å². The van der Waals surface area contributed by atoms with E-state index in [0.29, 0.717) is 28.2 Å². The normalized spacial score (nSPS) is 10.6. The Morgan fingerprint density at radius 1 is 1.22 bits per heavy atom. The van der Waals surface area contributed by atoms with Crippen LogP contribution in [0.1, 0.15) is 11.3 Å². The van der Waals surface area contributed by atoms with E-state index in [-0.39, 0.29) is 11.6 Å². The Hall–Kier alpha value is -2.80. The summed E-state index contributed by atoms with van der Waals surface area (Å²) in [5.41, 5.74) is 7.22. The third-order valence-corrected chi connectivity index (χ3v) is 3.49. The van der Waals surface area contributed by atoms with Gasteiger partial charge in [-0.2, -0.15) is 4.98 Å². The Labute approximate surface area is 137 Å². The minimum Gasteiger partial charge on any atom is -0.437 e. The van der Waals surface area contributed by atoms with Crippen molar-refractivity contribution in [2.75, 3.05) is 11.1 Å². The van der Waals surface area contributed by atoms with Crippen LogP contribution in [0.3, 0.4) is 0 Å². The quantitative estimate of drug-likeness (QED) is 0.748. The number of rotatable bonds is 4. The average molecular weight is 332 g/mol. The lowest BCUT2D eigenvalue weighted by Gasteiger charge is -2.11. The number of ether oxygens (including phenoxy) is 1. The summed E-state index contributed by atoms with van der Waals surface area (Å²) >= 11 is 6.00. The summed E-state index contributed by atoms with van der Waals surface area (Å²) < 4.78 is 10.7. The maximum absolute atomic E-state index is 6.06. The molecule has 2 heterocycles. The van der Waals surface area contributed by atoms with Crippen LogP contribution < -0.4 is 15.8 Å². The molecule has 0 radical (unpaired) electrons. The zero-order valence-corrected chi connectivity index (χ0v) is 13.3. The molecule has 1 aromatic carbocycles. The van der Waals surface area contributed by atoms with Crippen LogP contribution in [0.15, 0.2) is 35.1 Å². The molecule has 0 saturated heterocycles. The van der Waals surface area contributed by atoms with Gasteiger partial charge in [-0.05, 0) is 37.6 Å². The van der Waals surface area contributed by atoms with Crippen LogP contribution in [0.4, 0.5) is 17.3 Å². The van der Waals surface area contributed by atoms with Crippen LogP contribution in [0.5, 0.6) is 11.6 Å². The van der Waals surface area contributed by atoms with E-state index in [2.05, 4.69) is 20.4 Å². The van der Waals surface area contributed by atoms with E-state index in [4.69, 9.17) is 26.6 Å². The Kier molecular flexibility index (Phi) is 4.03. The second-order valence-corrected chi connectivity index (χ2v) is 5.31. The monoisotopic (exact) mass is 331 g/mol. The zero-order chi connectivity index (χ0) is 16.4. The number of aryl methyl sites for hydroxylation is 2. The van der Waals surface area contributed by atoms with E-state index in [9.17, 15) is 0 Å². The highest BCUT2D eigenvalue weighted by molar-refractivity contribution is 6.31. The Bertz CT molecular complexity index is 850. The van der Waals surface area contributed by atoms with Crippen LogP contribution in [0.2, 0.25) is 5.02 Å². The molecule has 3 aromatic rings. The lowest BCUT2D eigenvalue weighted by atomic mass is 10.2. The second kappa shape index (κ2) is 6.13. The fraction of sp³-hybridized carbons (Fsp3) is 0.133. The van der Waals surface area contributed by atoms with Gasteiger partial charge >= 0.3 is 0 Å². The number of aromatic nitrogens is 3. The molecule has 0 amide bonds. The zero-order valence-electron chi connectivity index (χ0n) is 12.5. The van der Waals surface area contributed by atoms with E-state index >= 15 is 0 Å². The summed E-state index contributed by atoms with van der Waals surface area (Å²) in [5.74, 6) is 2.38. The molecule has 8 heteroatoms. The van der Waals surface area contributed by atoms with Gasteiger partial charge in [-0.3, -0.25) is 0 Å². The summed E-state index contributed by atoms with van der Waals surface area (Å²) in [4.78, 5) is 8.14. The first kappa shape index (κ1) is 15.1. The van der Waals surface area contributed by atoms with Crippen molar-refractivity contribution in [3.05, 3.63) is 46.9 Å². The SMILES string of the molecule is Cc1cc(Nc2ncnc(Oc3ccc(Cl)c(C)c3)c2N)no1. The number of benzene rings is 1. The first-order valence-corrected chi connectivity index (χ1v) is 7.15. The summed E-state index contributed by atoms with van der Waals surface area (Å²) in [6.45, 7) is 3.68. The summed E-state index contributed by atoms with van der Waals surface area (Å²) in [7, 11) is 0. The number of nitrogens with two attached hydrogens (primary N) is 1. The van der Waals surface area contributed by atoms with Gasteiger partial charge in [0.05, 0.1) is 0 Å². The lowest BCUT2D eigenvalue weighted by molar-refractivity contribution is 0.400. The lowest BCUT2D eigenvalue weighted by Crippen LogP contribution is -2.03. The van der Waals surface area contributed by atoms with Gasteiger partial charge in [-0.25, -0.2) is 4.98 Å². The highest BCUT2D eigenvalue weighted by atomic mass is 35.5. The fourth-order valence-corrected chi connectivity index (χ4v) is 2.02. The number of anilines is 3. The molecular weight excluding hydrogens is 318 g/mol. The molecule has 2 aromatic heterocycles. The predicted octanol–water partition coefficient (Wildman–Crippen LogP) is 3.85. The van der Waals surface area contributed by atoms with E-state index < -0.39 is 0 Å². The van der Waals surface area contributed by atoms with Crippen molar-refractivity contribution in [2.24, 2.45) is 0 Å². The molecule has 0 aliphatic carbocycles. The van der Waals surface area contributed by atoms with Gasteiger partial charge in [0.1, 0.15) is 23.5 Å². The third kappa shape index (κ3) is 3.35. The van der Waals surface area contributed by atoms with Crippen LogP contribution in [-0.2, 0) is 0 Å². The van der Waals surface area contributed by atoms with Crippen molar-refractivity contribution in [2.45, 2.75) is 13.8 Å². The van der Waals surface area contributed by atoms with Crippen LogP contribution >= 0.6 is 11.6 Å². The van der Waals surface area contributed by atoms with Crippen molar-refractivity contribution in [3.8, 4) is 11.6 Å². The van der Waals surface area contributed by atoms with Crippen molar-refractivity contribution < 1.29 is 9.26 Å². The smallest absolute Gasteiger partial charge is 0.248 e. The number of hydrogen-bond donors (Lipinski definition) is 2. The highest BCUT2D eigenvalue weighted by Gasteiger charge is 2.12. The fourth-order valence-electron chi connectivity index (χ4n) is 1.90. The molecule has 3 N–H and O–H groups in total. The summed E-state index contributed by atoms with van der Waals surface area (Å²) in [5, 5.41) is 7.45.